The van der Waals surface area contributed by atoms with Crippen molar-refractivity contribution in [1.29, 1.82) is 0 Å². The van der Waals surface area contributed by atoms with Crippen LogP contribution >= 0.6 is 11.3 Å². The number of aryl methyl sites for hydroxylation is 1. The number of amides is 1. The zero-order chi connectivity index (χ0) is 19.3. The molecule has 0 unspecified atom stereocenters. The highest BCUT2D eigenvalue weighted by atomic mass is 32.2. The Morgan fingerprint density at radius 2 is 1.96 bits per heavy atom. The van der Waals surface area contributed by atoms with Crippen LogP contribution in [-0.4, -0.2) is 37.4 Å². The number of carbonyl (C=O) groups excluding carboxylic acids is 1. The van der Waals surface area contributed by atoms with E-state index in [1.54, 1.807) is 26.0 Å². The predicted molar refractivity (Wildman–Crippen MR) is 96.5 cm³/mol. The molecule has 2 rings (SSSR count). The van der Waals surface area contributed by atoms with Crippen LogP contribution in [0, 0.1) is 6.92 Å². The standard InChI is InChI=1S/C16H18F2N2O4S2/c1-3-8-26(22,23)9-13(21)19-16-20-14(10(2)25-16)11-4-6-12(7-5-11)24-15(17)18/h4-7,15H,3,8-9H2,1-2H3,(H,19,20,21). The summed E-state index contributed by atoms with van der Waals surface area (Å²) in [5.41, 5.74) is 1.24. The summed E-state index contributed by atoms with van der Waals surface area (Å²) in [6.45, 7) is 0.622. The lowest BCUT2D eigenvalue weighted by molar-refractivity contribution is -0.113. The van der Waals surface area contributed by atoms with Gasteiger partial charge in [0.15, 0.2) is 15.0 Å². The van der Waals surface area contributed by atoms with Crippen molar-refractivity contribution in [2.75, 3.05) is 16.8 Å². The molecule has 0 aliphatic heterocycles. The van der Waals surface area contributed by atoms with Crippen LogP contribution in [-0.2, 0) is 14.6 Å². The molecule has 0 saturated carbocycles. The molecule has 0 aliphatic carbocycles. The van der Waals surface area contributed by atoms with Crippen molar-refractivity contribution in [3.63, 3.8) is 0 Å². The summed E-state index contributed by atoms with van der Waals surface area (Å²) in [7, 11) is -3.43. The van der Waals surface area contributed by atoms with Crippen LogP contribution in [0.2, 0.25) is 0 Å². The van der Waals surface area contributed by atoms with Crippen LogP contribution in [0.4, 0.5) is 13.9 Å². The Labute approximate surface area is 154 Å². The fourth-order valence-corrected chi connectivity index (χ4v) is 4.34. The van der Waals surface area contributed by atoms with Gasteiger partial charge in [-0.15, -0.1) is 11.3 Å². The van der Waals surface area contributed by atoms with E-state index < -0.39 is 28.1 Å². The summed E-state index contributed by atoms with van der Waals surface area (Å²) in [5.74, 6) is -1.24. The SMILES string of the molecule is CCCS(=O)(=O)CC(=O)Nc1nc(-c2ccc(OC(F)F)cc2)c(C)s1. The molecule has 142 valence electrons. The smallest absolute Gasteiger partial charge is 0.387 e. The Bertz CT molecular complexity index is 865. The zero-order valence-electron chi connectivity index (χ0n) is 14.2. The largest absolute Gasteiger partial charge is 0.435 e. The van der Waals surface area contributed by atoms with Crippen LogP contribution in [0.3, 0.4) is 0 Å². The lowest BCUT2D eigenvalue weighted by Crippen LogP contribution is -2.24. The molecule has 0 radical (unpaired) electrons. The minimum atomic E-state index is -3.43. The summed E-state index contributed by atoms with van der Waals surface area (Å²) in [6.07, 6.45) is 0.446. The number of ether oxygens (including phenoxy) is 1. The predicted octanol–water partition coefficient (Wildman–Crippen LogP) is 3.48. The Kier molecular flexibility index (Phi) is 6.65. The van der Waals surface area contributed by atoms with Crippen molar-refractivity contribution in [2.24, 2.45) is 0 Å². The van der Waals surface area contributed by atoms with Crippen LogP contribution < -0.4 is 10.1 Å². The minimum absolute atomic E-state index is 0.0336. The second-order valence-corrected chi connectivity index (χ2v) is 8.85. The van der Waals surface area contributed by atoms with Gasteiger partial charge >= 0.3 is 6.61 Å². The number of sulfone groups is 1. The molecule has 0 spiro atoms. The van der Waals surface area contributed by atoms with Crippen molar-refractivity contribution < 1.29 is 26.7 Å². The monoisotopic (exact) mass is 404 g/mol. The fourth-order valence-electron chi connectivity index (χ4n) is 2.25. The summed E-state index contributed by atoms with van der Waals surface area (Å²) in [4.78, 5) is 17.0. The number of halogens is 2. The second-order valence-electron chi connectivity index (χ2n) is 5.47. The van der Waals surface area contributed by atoms with Crippen LogP contribution in [0.5, 0.6) is 5.75 Å². The van der Waals surface area contributed by atoms with Crippen molar-refractivity contribution in [3.8, 4) is 17.0 Å². The van der Waals surface area contributed by atoms with Gasteiger partial charge in [0.25, 0.3) is 0 Å². The quantitative estimate of drug-likeness (QED) is 0.728. The summed E-state index contributed by atoms with van der Waals surface area (Å²) in [5, 5.41) is 2.77. The van der Waals surface area contributed by atoms with Gasteiger partial charge in [0.05, 0.1) is 11.4 Å². The van der Waals surface area contributed by atoms with Crippen molar-refractivity contribution in [2.45, 2.75) is 26.9 Å². The molecule has 0 fully saturated rings. The zero-order valence-corrected chi connectivity index (χ0v) is 15.8. The Balaban J connectivity index is 2.10. The third-order valence-corrected chi connectivity index (χ3v) is 5.88. The maximum Gasteiger partial charge on any atom is 0.387 e. The first kappa shape index (κ1) is 20.2. The van der Waals surface area contributed by atoms with Crippen molar-refractivity contribution in [3.05, 3.63) is 29.1 Å². The van der Waals surface area contributed by atoms with Gasteiger partial charge in [-0.2, -0.15) is 8.78 Å². The third-order valence-electron chi connectivity index (χ3n) is 3.26. The van der Waals surface area contributed by atoms with E-state index in [1.807, 2.05) is 0 Å². The molecule has 10 heteroatoms. The number of aromatic nitrogens is 1. The molecule has 0 saturated heterocycles. The molecule has 1 amide bonds. The van der Waals surface area contributed by atoms with Gasteiger partial charge in [-0.1, -0.05) is 6.92 Å². The van der Waals surface area contributed by atoms with E-state index >= 15 is 0 Å². The van der Waals surface area contributed by atoms with Crippen LogP contribution in [0.1, 0.15) is 18.2 Å². The minimum Gasteiger partial charge on any atom is -0.435 e. The number of rotatable bonds is 8. The highest BCUT2D eigenvalue weighted by molar-refractivity contribution is 7.92. The van der Waals surface area contributed by atoms with E-state index in [2.05, 4.69) is 15.0 Å². The molecule has 0 bridgehead atoms. The number of hydrogen-bond acceptors (Lipinski definition) is 6. The molecule has 1 aromatic carbocycles. The van der Waals surface area contributed by atoms with E-state index in [0.29, 0.717) is 17.7 Å². The highest BCUT2D eigenvalue weighted by Gasteiger charge is 2.18. The van der Waals surface area contributed by atoms with Crippen molar-refractivity contribution in [1.82, 2.24) is 4.98 Å². The van der Waals surface area contributed by atoms with Gasteiger partial charge < -0.3 is 10.1 Å². The Hall–Kier alpha value is -2.07. The molecule has 26 heavy (non-hydrogen) atoms. The molecule has 2 aromatic rings. The molecular weight excluding hydrogens is 386 g/mol. The van der Waals surface area contributed by atoms with Gasteiger partial charge in [0.2, 0.25) is 5.91 Å². The fraction of sp³-hybridized carbons (Fsp3) is 0.375. The van der Waals surface area contributed by atoms with Crippen LogP contribution in [0.15, 0.2) is 24.3 Å². The highest BCUT2D eigenvalue weighted by Crippen LogP contribution is 2.31. The molecule has 1 N–H and O–H groups in total. The summed E-state index contributed by atoms with van der Waals surface area (Å²) in [6, 6.07) is 5.96. The van der Waals surface area contributed by atoms with Crippen molar-refractivity contribution >= 4 is 32.2 Å². The first-order valence-electron chi connectivity index (χ1n) is 7.73. The molecule has 1 aromatic heterocycles. The van der Waals surface area contributed by atoms with Gasteiger partial charge in [-0.25, -0.2) is 13.4 Å². The van der Waals surface area contributed by atoms with E-state index in [1.165, 1.54) is 23.5 Å². The van der Waals surface area contributed by atoms with E-state index in [9.17, 15) is 22.0 Å². The number of thiazole rings is 1. The van der Waals surface area contributed by atoms with E-state index in [4.69, 9.17) is 0 Å². The number of anilines is 1. The summed E-state index contributed by atoms with van der Waals surface area (Å²) < 4.78 is 52.0. The number of nitrogens with zero attached hydrogens (tertiary/aromatic N) is 1. The van der Waals surface area contributed by atoms with E-state index in [0.717, 1.165) is 4.88 Å². The average Bonchev–Trinajstić information content (AvgIpc) is 2.87. The molecule has 0 atom stereocenters. The number of nitrogens with one attached hydrogen (secondary N) is 1. The molecule has 1 heterocycles. The van der Waals surface area contributed by atoms with Crippen LogP contribution in [0.25, 0.3) is 11.3 Å². The molecule has 0 aliphatic rings. The number of alkyl halides is 2. The Morgan fingerprint density at radius 3 is 2.54 bits per heavy atom. The second kappa shape index (κ2) is 8.54. The lowest BCUT2D eigenvalue weighted by Gasteiger charge is -2.05. The third kappa shape index (κ3) is 5.73. The first-order valence-corrected chi connectivity index (χ1v) is 10.4. The van der Waals surface area contributed by atoms with Gasteiger partial charge in [-0.05, 0) is 37.6 Å². The lowest BCUT2D eigenvalue weighted by atomic mass is 10.1. The average molecular weight is 404 g/mol. The van der Waals surface area contributed by atoms with Gasteiger partial charge in [0, 0.05) is 10.4 Å². The van der Waals surface area contributed by atoms with Gasteiger partial charge in [0.1, 0.15) is 11.5 Å². The maximum absolute atomic E-state index is 12.2. The maximum atomic E-state index is 12.2. The Morgan fingerprint density at radius 1 is 1.31 bits per heavy atom. The molecular formula is C16H18F2N2O4S2. The molecule has 6 nitrogen and oxygen atoms in total. The van der Waals surface area contributed by atoms with Gasteiger partial charge in [-0.3, -0.25) is 4.79 Å². The number of carbonyl (C=O) groups is 1. The number of benzene rings is 1. The summed E-state index contributed by atoms with van der Waals surface area (Å²) >= 11 is 1.20. The normalized spacial score (nSPS) is 11.6. The van der Waals surface area contributed by atoms with E-state index in [-0.39, 0.29) is 16.6 Å². The number of hydrogen-bond donors (Lipinski definition) is 1. The first-order chi connectivity index (χ1) is 12.2. The topological polar surface area (TPSA) is 85.4 Å².